The van der Waals surface area contributed by atoms with Crippen LogP contribution in [0.25, 0.3) is 17.3 Å². The van der Waals surface area contributed by atoms with Gasteiger partial charge in [0.2, 0.25) is 21.9 Å². The molecule has 0 unspecified atom stereocenters. The lowest BCUT2D eigenvalue weighted by atomic mass is 9.97. The summed E-state index contributed by atoms with van der Waals surface area (Å²) in [4.78, 5) is 24.9. The number of hydrogen-bond donors (Lipinski definition) is 5. The summed E-state index contributed by atoms with van der Waals surface area (Å²) in [6.45, 7) is 4.61. The molecule has 0 saturated carbocycles. The molecule has 0 spiro atoms. The second-order valence-corrected chi connectivity index (χ2v) is 12.0. The Morgan fingerprint density at radius 2 is 1.83 bits per heavy atom. The molecule has 0 fully saturated rings. The minimum absolute atomic E-state index is 0.0148. The molecule has 226 valence electrons. The average molecular weight is 594 g/mol. The number of halogens is 1. The van der Waals surface area contributed by atoms with Crippen LogP contribution in [0.5, 0.6) is 0 Å². The van der Waals surface area contributed by atoms with Crippen molar-refractivity contribution in [2.45, 2.75) is 57.7 Å². The molecule has 1 amide bonds. The summed E-state index contributed by atoms with van der Waals surface area (Å²) >= 11 is 0. The number of guanidine groups is 1. The minimum atomic E-state index is -3.66. The molecule has 1 heterocycles. The second-order valence-electron chi connectivity index (χ2n) is 9.95. The number of rotatable bonds is 15. The fourth-order valence-electron chi connectivity index (χ4n) is 3.80. The van der Waals surface area contributed by atoms with Crippen LogP contribution in [0, 0.1) is 5.82 Å². The van der Waals surface area contributed by atoms with Crippen molar-refractivity contribution < 1.29 is 27.8 Å². The predicted molar refractivity (Wildman–Crippen MR) is 158 cm³/mol. The highest BCUT2D eigenvalue weighted by molar-refractivity contribution is 7.92. The summed E-state index contributed by atoms with van der Waals surface area (Å²) < 4.78 is 39.0. The highest BCUT2D eigenvalue weighted by Gasteiger charge is 2.22. The van der Waals surface area contributed by atoms with Crippen molar-refractivity contribution >= 4 is 33.9 Å². The topological polar surface area (TPSA) is 197 Å². The molecule has 0 aliphatic heterocycles. The first-order chi connectivity index (χ1) is 19.2. The smallest absolute Gasteiger partial charge is 0.239 e. The predicted octanol–water partition coefficient (Wildman–Crippen LogP) is 1.49. The summed E-state index contributed by atoms with van der Waals surface area (Å²) in [6.07, 6.45) is 2.93. The zero-order valence-corrected chi connectivity index (χ0v) is 24.6. The number of amides is 1. The maximum Gasteiger partial charge on any atom is 0.239 e. The van der Waals surface area contributed by atoms with Gasteiger partial charge in [0.25, 0.3) is 0 Å². The van der Waals surface area contributed by atoms with Crippen molar-refractivity contribution in [3.8, 4) is 11.3 Å². The minimum Gasteiger partial charge on any atom is -0.392 e. The Kier molecular flexibility index (Phi) is 12.6. The van der Waals surface area contributed by atoms with Crippen LogP contribution >= 0.6 is 0 Å². The quantitative estimate of drug-likeness (QED) is 0.115. The molecule has 0 aliphatic rings. The number of benzene rings is 1. The van der Waals surface area contributed by atoms with Gasteiger partial charge in [-0.05, 0) is 43.0 Å². The average Bonchev–Trinajstić information content (AvgIpc) is 2.88. The summed E-state index contributed by atoms with van der Waals surface area (Å²) in [5, 5.41) is 23.6. The van der Waals surface area contributed by atoms with E-state index in [1.165, 1.54) is 37.4 Å². The first-order valence-corrected chi connectivity index (χ1v) is 15.0. The van der Waals surface area contributed by atoms with Gasteiger partial charge >= 0.3 is 0 Å². The highest BCUT2D eigenvalue weighted by atomic mass is 32.2. The van der Waals surface area contributed by atoms with Gasteiger partial charge in [0, 0.05) is 37.7 Å². The van der Waals surface area contributed by atoms with Crippen LogP contribution < -0.4 is 21.1 Å². The number of nitrogens with zero attached hydrogens (tertiary/aromatic N) is 4. The lowest BCUT2D eigenvalue weighted by Crippen LogP contribution is -2.29. The van der Waals surface area contributed by atoms with Gasteiger partial charge in [-0.1, -0.05) is 26.0 Å². The largest absolute Gasteiger partial charge is 0.392 e. The van der Waals surface area contributed by atoms with Crippen molar-refractivity contribution in [1.29, 1.82) is 0 Å². The van der Waals surface area contributed by atoms with Gasteiger partial charge < -0.3 is 27.0 Å². The third kappa shape index (κ3) is 11.1. The number of nitrogens with one attached hydrogen (secondary N) is 1. The van der Waals surface area contributed by atoms with E-state index in [0.29, 0.717) is 48.4 Å². The number of aliphatic hydroxyl groups is 2. The lowest BCUT2D eigenvalue weighted by molar-refractivity contribution is -0.123. The Bertz CT molecular complexity index is 1330. The number of carbonyl (C=O) groups is 1. The zero-order valence-electron chi connectivity index (χ0n) is 23.8. The molecule has 0 aliphatic carbocycles. The van der Waals surface area contributed by atoms with Gasteiger partial charge in [-0.15, -0.1) is 0 Å². The van der Waals surface area contributed by atoms with Crippen molar-refractivity contribution in [1.82, 2.24) is 15.3 Å². The molecule has 2 aromatic rings. The van der Waals surface area contributed by atoms with E-state index in [1.807, 2.05) is 13.8 Å². The molecule has 2 atom stereocenters. The Morgan fingerprint density at radius 1 is 1.17 bits per heavy atom. The van der Waals surface area contributed by atoms with E-state index >= 15 is 0 Å². The fourth-order valence-corrected chi connectivity index (χ4v) is 4.18. The molecule has 2 rings (SSSR count). The van der Waals surface area contributed by atoms with Crippen molar-refractivity contribution in [3.63, 3.8) is 0 Å². The van der Waals surface area contributed by atoms with Gasteiger partial charge in [-0.2, -0.15) is 0 Å². The standard InChI is InChI=1S/C27H40FN7O5S/c1-17(2)24-22(12-11-20(36)15-21(37)16-23(38)31-13-5-6-14-32-26(29)30)25(18-7-9-19(28)10-8-18)34-27(33-24)35(3)41(4,39)40/h7-12,17,20-21,36-37H,5-6,13-16H2,1-4H3,(H,31,38)(H4,29,30,32)/t20-,21+/m0/s1. The number of aromatic nitrogens is 2. The Balaban J connectivity index is 2.21. The van der Waals surface area contributed by atoms with Crippen molar-refractivity contribution in [2.24, 2.45) is 16.5 Å². The van der Waals surface area contributed by atoms with E-state index in [0.717, 1.165) is 10.6 Å². The third-order valence-electron chi connectivity index (χ3n) is 6.03. The van der Waals surface area contributed by atoms with Crippen LogP contribution in [0.1, 0.15) is 56.7 Å². The number of unbranched alkanes of at least 4 members (excludes halogenated alkanes) is 1. The molecule has 0 radical (unpaired) electrons. The molecule has 41 heavy (non-hydrogen) atoms. The van der Waals surface area contributed by atoms with Crippen LogP contribution in [0.4, 0.5) is 10.3 Å². The molecule has 7 N–H and O–H groups in total. The number of aliphatic imine (C=N–C) groups is 1. The number of aliphatic hydroxyl groups excluding tert-OH is 2. The van der Waals surface area contributed by atoms with Crippen molar-refractivity contribution in [3.05, 3.63) is 47.4 Å². The number of sulfonamides is 1. The molecule has 1 aromatic heterocycles. The lowest BCUT2D eigenvalue weighted by Gasteiger charge is -2.20. The summed E-state index contributed by atoms with van der Waals surface area (Å²) in [7, 11) is -2.32. The third-order valence-corrected chi connectivity index (χ3v) is 7.19. The van der Waals surface area contributed by atoms with Gasteiger partial charge in [0.15, 0.2) is 5.96 Å². The monoisotopic (exact) mass is 593 g/mol. The van der Waals surface area contributed by atoms with Gasteiger partial charge in [0.05, 0.1) is 36.3 Å². The number of nitrogens with two attached hydrogens (primary N) is 2. The van der Waals surface area contributed by atoms with Gasteiger partial charge in [-0.25, -0.2) is 27.1 Å². The first-order valence-electron chi connectivity index (χ1n) is 13.2. The Hall–Kier alpha value is -3.62. The zero-order chi connectivity index (χ0) is 30.7. The summed E-state index contributed by atoms with van der Waals surface area (Å²) in [5.74, 6) is -1.01. The SMILES string of the molecule is CC(C)c1nc(N(C)S(C)(=O)=O)nc(-c2ccc(F)cc2)c1C=C[C@H](O)C[C@@H](O)CC(=O)NCCCCN=C(N)N. The van der Waals surface area contributed by atoms with Crippen LogP contribution in [0.15, 0.2) is 35.3 Å². The molecule has 1 aromatic carbocycles. The summed E-state index contributed by atoms with van der Waals surface area (Å²) in [5.41, 5.74) is 12.4. The van der Waals surface area contributed by atoms with Crippen LogP contribution in [-0.4, -0.2) is 79.1 Å². The maximum absolute atomic E-state index is 13.7. The molecule has 0 bridgehead atoms. The number of hydrogen-bond acceptors (Lipinski definition) is 8. The van der Waals surface area contributed by atoms with Gasteiger partial charge in [-0.3, -0.25) is 9.79 Å². The van der Waals surface area contributed by atoms with E-state index in [9.17, 15) is 27.8 Å². The summed E-state index contributed by atoms with van der Waals surface area (Å²) in [6, 6.07) is 5.56. The highest BCUT2D eigenvalue weighted by Crippen LogP contribution is 2.31. The van der Waals surface area contributed by atoms with Crippen molar-refractivity contribution in [2.75, 3.05) is 30.7 Å². The Labute approximate surface area is 240 Å². The second kappa shape index (κ2) is 15.4. The molecule has 14 heteroatoms. The fraction of sp³-hybridized carbons (Fsp3) is 0.481. The van der Waals surface area contributed by atoms with Gasteiger partial charge in [0.1, 0.15) is 5.82 Å². The molecular formula is C27H40FN7O5S. The van der Waals surface area contributed by atoms with E-state index in [2.05, 4.69) is 20.3 Å². The number of carbonyl (C=O) groups excluding carboxylic acids is 1. The van der Waals surface area contributed by atoms with Crippen LogP contribution in [-0.2, 0) is 14.8 Å². The Morgan fingerprint density at radius 3 is 2.41 bits per heavy atom. The molecule has 12 nitrogen and oxygen atoms in total. The molecule has 0 saturated heterocycles. The first kappa shape index (κ1) is 33.6. The van der Waals surface area contributed by atoms with Crippen LogP contribution in [0.2, 0.25) is 0 Å². The molecular weight excluding hydrogens is 553 g/mol. The van der Waals surface area contributed by atoms with E-state index in [4.69, 9.17) is 11.5 Å². The number of anilines is 1. The van der Waals surface area contributed by atoms with E-state index in [-0.39, 0.29) is 36.6 Å². The maximum atomic E-state index is 13.7. The van der Waals surface area contributed by atoms with Crippen LogP contribution in [0.3, 0.4) is 0 Å². The van der Waals surface area contributed by atoms with E-state index in [1.54, 1.807) is 6.08 Å². The van der Waals surface area contributed by atoms with E-state index < -0.39 is 28.0 Å². The normalized spacial score (nSPS) is 13.3.